The number of ether oxygens (including phenoxy) is 1. The summed E-state index contributed by atoms with van der Waals surface area (Å²) < 4.78 is 6.90. The van der Waals surface area contributed by atoms with Crippen LogP contribution in [0.3, 0.4) is 0 Å². The molecule has 0 unspecified atom stereocenters. The van der Waals surface area contributed by atoms with Gasteiger partial charge in [-0.05, 0) is 63.8 Å². The van der Waals surface area contributed by atoms with Crippen LogP contribution in [0.15, 0.2) is 41.1 Å². The van der Waals surface area contributed by atoms with Gasteiger partial charge in [-0.2, -0.15) is 0 Å². The van der Waals surface area contributed by atoms with Gasteiger partial charge in [-0.25, -0.2) is 0 Å². The summed E-state index contributed by atoms with van der Waals surface area (Å²) in [6, 6.07) is 5.04. The van der Waals surface area contributed by atoms with Crippen molar-refractivity contribution in [1.29, 1.82) is 0 Å². The molecule has 8 heteroatoms. The number of aromatic nitrogens is 2. The number of carbonyl (C=O) groups excluding carboxylic acids is 1. The van der Waals surface area contributed by atoms with Crippen molar-refractivity contribution in [3.63, 3.8) is 0 Å². The Kier molecular flexibility index (Phi) is 6.26. The van der Waals surface area contributed by atoms with Gasteiger partial charge in [-0.15, -0.1) is 0 Å². The molecular formula is C22H28N4O4. The topological polar surface area (TPSA) is 119 Å². The number of nitrogens with zero attached hydrogens (tertiary/aromatic N) is 2. The summed E-state index contributed by atoms with van der Waals surface area (Å²) in [7, 11) is 1.47. The lowest BCUT2D eigenvalue weighted by molar-refractivity contribution is 0.0713. The summed E-state index contributed by atoms with van der Waals surface area (Å²) in [5.41, 5.74) is 6.48. The second-order valence-corrected chi connectivity index (χ2v) is 8.16. The van der Waals surface area contributed by atoms with Crippen molar-refractivity contribution in [3.8, 4) is 5.75 Å². The zero-order valence-electron chi connectivity index (χ0n) is 17.5. The van der Waals surface area contributed by atoms with Crippen molar-refractivity contribution in [2.24, 2.45) is 5.73 Å². The Morgan fingerprint density at radius 2 is 2.20 bits per heavy atom. The normalized spacial score (nSPS) is 14.5. The van der Waals surface area contributed by atoms with E-state index < -0.39 is 11.5 Å². The molecule has 0 atom stereocenters. The van der Waals surface area contributed by atoms with Crippen molar-refractivity contribution in [1.82, 2.24) is 9.55 Å². The van der Waals surface area contributed by atoms with Gasteiger partial charge in [-0.1, -0.05) is 0 Å². The molecule has 2 aromatic rings. The van der Waals surface area contributed by atoms with E-state index in [1.807, 2.05) is 0 Å². The van der Waals surface area contributed by atoms with Crippen LogP contribution in [0.5, 0.6) is 5.75 Å². The third-order valence-corrected chi connectivity index (χ3v) is 4.87. The van der Waals surface area contributed by atoms with E-state index in [1.54, 1.807) is 42.8 Å². The summed E-state index contributed by atoms with van der Waals surface area (Å²) in [6.45, 7) is 3.45. The minimum atomic E-state index is -0.812. The Morgan fingerprint density at radius 3 is 2.83 bits per heavy atom. The summed E-state index contributed by atoms with van der Waals surface area (Å²) in [6.07, 6.45) is 7.80. The molecule has 0 bridgehead atoms. The molecule has 0 radical (unpaired) electrons. The monoisotopic (exact) mass is 412 g/mol. The number of hydrogen-bond donors (Lipinski definition) is 3. The number of hydrogen-bond acceptors (Lipinski definition) is 6. The van der Waals surface area contributed by atoms with E-state index in [0.29, 0.717) is 35.7 Å². The lowest BCUT2D eigenvalue weighted by Gasteiger charge is -2.16. The highest BCUT2D eigenvalue weighted by Gasteiger charge is 2.26. The Morgan fingerprint density at radius 1 is 1.47 bits per heavy atom. The number of nitrogens with one attached hydrogen (secondary N) is 1. The van der Waals surface area contributed by atoms with Crippen molar-refractivity contribution in [2.45, 2.75) is 51.2 Å². The highest BCUT2D eigenvalue weighted by atomic mass is 16.5. The predicted molar refractivity (Wildman–Crippen MR) is 115 cm³/mol. The second-order valence-electron chi connectivity index (χ2n) is 8.16. The van der Waals surface area contributed by atoms with Gasteiger partial charge in [0, 0.05) is 17.9 Å². The molecule has 1 aliphatic rings. The van der Waals surface area contributed by atoms with Crippen LogP contribution in [0.4, 0.5) is 5.69 Å². The molecule has 1 saturated carbocycles. The maximum atomic E-state index is 12.8. The second kappa shape index (κ2) is 8.71. The summed E-state index contributed by atoms with van der Waals surface area (Å²) in [5, 5.41) is 12.6. The van der Waals surface area contributed by atoms with Crippen LogP contribution >= 0.6 is 0 Å². The summed E-state index contributed by atoms with van der Waals surface area (Å²) in [5.74, 6) is -0.140. The molecule has 1 amide bonds. The minimum absolute atomic E-state index is 0.0741. The lowest BCUT2D eigenvalue weighted by atomic mass is 10.0. The van der Waals surface area contributed by atoms with Gasteiger partial charge >= 0.3 is 0 Å². The van der Waals surface area contributed by atoms with Gasteiger partial charge in [0.15, 0.2) is 5.75 Å². The van der Waals surface area contributed by atoms with E-state index in [0.717, 1.165) is 12.8 Å². The Balaban J connectivity index is 1.81. The molecule has 1 aliphatic carbocycles. The fraction of sp³-hybridized carbons (Fsp3) is 0.409. The van der Waals surface area contributed by atoms with Crippen molar-refractivity contribution in [2.75, 3.05) is 12.4 Å². The van der Waals surface area contributed by atoms with Gasteiger partial charge in [0.25, 0.3) is 11.5 Å². The van der Waals surface area contributed by atoms with Crippen LogP contribution < -0.4 is 21.3 Å². The average molecular weight is 412 g/mol. The number of carbonyl (C=O) groups is 1. The summed E-state index contributed by atoms with van der Waals surface area (Å²) >= 11 is 0. The standard InChI is InChI=1S/C22H28N4O4/c1-22(2,29)9-8-14(23)11-15-12-18(19(30-3)13-24-15)25-20(27)17-5-4-10-26(21(17)28)16-6-7-16/h4-5,10-13,16,29H,6-9,23H2,1-3H3,(H,24,25,27). The van der Waals surface area contributed by atoms with Gasteiger partial charge in [0.05, 0.1) is 30.3 Å². The van der Waals surface area contributed by atoms with Crippen LogP contribution in [0, 0.1) is 0 Å². The van der Waals surface area contributed by atoms with E-state index in [9.17, 15) is 14.7 Å². The van der Waals surface area contributed by atoms with Crippen LogP contribution in [-0.4, -0.2) is 33.3 Å². The van der Waals surface area contributed by atoms with E-state index in [2.05, 4.69) is 10.3 Å². The van der Waals surface area contributed by atoms with Crippen LogP contribution in [0.25, 0.3) is 6.08 Å². The first-order valence-corrected chi connectivity index (χ1v) is 9.93. The smallest absolute Gasteiger partial charge is 0.263 e. The van der Waals surface area contributed by atoms with Gasteiger partial charge in [-0.3, -0.25) is 14.6 Å². The van der Waals surface area contributed by atoms with Crippen LogP contribution in [0.2, 0.25) is 0 Å². The number of aliphatic hydroxyl groups is 1. The van der Waals surface area contributed by atoms with E-state index in [4.69, 9.17) is 10.5 Å². The largest absolute Gasteiger partial charge is 0.493 e. The first-order chi connectivity index (χ1) is 14.2. The molecule has 0 spiro atoms. The Labute approximate surface area is 175 Å². The molecule has 160 valence electrons. The molecule has 0 aliphatic heterocycles. The molecular weight excluding hydrogens is 384 g/mol. The molecule has 3 rings (SSSR count). The SMILES string of the molecule is COc1cnc(C=C(N)CCC(C)(C)O)cc1NC(=O)c1cccn(C2CC2)c1=O. The maximum Gasteiger partial charge on any atom is 0.263 e. The van der Waals surface area contributed by atoms with Crippen molar-refractivity contribution < 1.29 is 14.6 Å². The predicted octanol–water partition coefficient (Wildman–Crippen LogP) is 2.69. The van der Waals surface area contributed by atoms with Gasteiger partial charge in [0.1, 0.15) is 5.56 Å². The zero-order valence-corrected chi connectivity index (χ0v) is 17.5. The molecule has 0 aromatic carbocycles. The highest BCUT2D eigenvalue weighted by Crippen LogP contribution is 2.33. The molecule has 8 nitrogen and oxygen atoms in total. The first-order valence-electron chi connectivity index (χ1n) is 9.93. The third kappa shape index (κ3) is 5.48. The van der Waals surface area contributed by atoms with Gasteiger partial charge in [0.2, 0.25) is 0 Å². The number of pyridine rings is 2. The van der Waals surface area contributed by atoms with E-state index in [1.165, 1.54) is 19.4 Å². The van der Waals surface area contributed by atoms with E-state index >= 15 is 0 Å². The molecule has 4 N–H and O–H groups in total. The lowest BCUT2D eigenvalue weighted by Crippen LogP contribution is -2.28. The highest BCUT2D eigenvalue weighted by molar-refractivity contribution is 6.04. The van der Waals surface area contributed by atoms with Crippen LogP contribution in [-0.2, 0) is 0 Å². The quantitative estimate of drug-likeness (QED) is 0.613. The number of allylic oxidation sites excluding steroid dienone is 1. The van der Waals surface area contributed by atoms with Crippen LogP contribution in [0.1, 0.15) is 61.6 Å². The molecule has 2 aromatic heterocycles. The minimum Gasteiger partial charge on any atom is -0.493 e. The zero-order chi connectivity index (χ0) is 21.9. The molecule has 2 heterocycles. The molecule has 0 saturated heterocycles. The maximum absolute atomic E-state index is 12.8. The number of anilines is 1. The Hall–Kier alpha value is -3.13. The molecule has 1 fully saturated rings. The fourth-order valence-electron chi connectivity index (χ4n) is 3.02. The molecule has 30 heavy (non-hydrogen) atoms. The van der Waals surface area contributed by atoms with Crippen molar-refractivity contribution in [3.05, 3.63) is 57.9 Å². The number of amides is 1. The van der Waals surface area contributed by atoms with E-state index in [-0.39, 0.29) is 17.2 Å². The fourth-order valence-corrected chi connectivity index (χ4v) is 3.02. The summed E-state index contributed by atoms with van der Waals surface area (Å²) in [4.78, 5) is 29.7. The number of nitrogens with two attached hydrogens (primary N) is 1. The Bertz CT molecular complexity index is 1020. The average Bonchev–Trinajstić information content (AvgIpc) is 3.51. The van der Waals surface area contributed by atoms with Gasteiger partial charge < -0.3 is 25.5 Å². The number of methoxy groups -OCH3 is 1. The van der Waals surface area contributed by atoms with Crippen molar-refractivity contribution >= 4 is 17.7 Å². The third-order valence-electron chi connectivity index (χ3n) is 4.87. The first kappa shape index (κ1) is 21.6. The number of rotatable bonds is 8.